The topological polar surface area (TPSA) is 90.0 Å². The average molecular weight is 507 g/mol. The van der Waals surface area contributed by atoms with Gasteiger partial charge in [0.1, 0.15) is 18.4 Å². The molecule has 35 heavy (non-hydrogen) atoms. The van der Waals surface area contributed by atoms with E-state index in [0.29, 0.717) is 0 Å². The van der Waals surface area contributed by atoms with E-state index in [1.165, 1.54) is 31.1 Å². The molecule has 0 aliphatic rings. The highest BCUT2D eigenvalue weighted by molar-refractivity contribution is 7.90. The molecule has 192 valence electrons. The highest BCUT2D eigenvalue weighted by Crippen LogP contribution is 2.21. The second kappa shape index (κ2) is 11.2. The molecular weight excluding hydrogens is 471 g/mol. The summed E-state index contributed by atoms with van der Waals surface area (Å²) in [7, 11) is -1.40. The first-order valence-corrected chi connectivity index (χ1v) is 12.6. The Labute approximate surface area is 207 Å². The standard InChI is InChI=1S/C25H35FN4O4S/c1-18-9-8-10-20(15-18)16-29(19(2)24(32)27-25(3,4)5)23(31)17-30(35(33,34)28(6)7)22-13-11-21(26)12-14-22/h8-15,19H,16-17H2,1-7H3,(H,27,32)/t19-/m0/s1. The van der Waals surface area contributed by atoms with Crippen LogP contribution in [-0.2, 0) is 26.3 Å². The number of aryl methyl sites for hydroxylation is 1. The number of amides is 2. The fourth-order valence-corrected chi connectivity index (χ4v) is 4.44. The molecule has 0 aliphatic heterocycles. The molecule has 0 saturated heterocycles. The van der Waals surface area contributed by atoms with Crippen LogP contribution in [0.25, 0.3) is 0 Å². The lowest BCUT2D eigenvalue weighted by Gasteiger charge is -2.34. The largest absolute Gasteiger partial charge is 0.350 e. The lowest BCUT2D eigenvalue weighted by Crippen LogP contribution is -2.54. The molecule has 1 N–H and O–H groups in total. The van der Waals surface area contributed by atoms with Crippen molar-refractivity contribution < 1.29 is 22.4 Å². The molecule has 0 spiro atoms. The van der Waals surface area contributed by atoms with Gasteiger partial charge >= 0.3 is 10.2 Å². The summed E-state index contributed by atoms with van der Waals surface area (Å²) >= 11 is 0. The van der Waals surface area contributed by atoms with E-state index < -0.39 is 40.1 Å². The van der Waals surface area contributed by atoms with Gasteiger partial charge in [0.2, 0.25) is 11.8 Å². The highest BCUT2D eigenvalue weighted by Gasteiger charge is 2.33. The minimum atomic E-state index is -4.09. The molecule has 2 aromatic carbocycles. The van der Waals surface area contributed by atoms with E-state index in [-0.39, 0.29) is 18.1 Å². The van der Waals surface area contributed by atoms with Crippen LogP contribution in [0.4, 0.5) is 10.1 Å². The van der Waals surface area contributed by atoms with Crippen molar-refractivity contribution in [2.45, 2.75) is 52.7 Å². The smallest absolute Gasteiger partial charge is 0.304 e. The zero-order chi connectivity index (χ0) is 26.6. The third kappa shape index (κ3) is 7.76. The highest BCUT2D eigenvalue weighted by atomic mass is 32.2. The Bertz CT molecular complexity index is 1140. The molecule has 0 aliphatic carbocycles. The summed E-state index contributed by atoms with van der Waals surface area (Å²) in [4.78, 5) is 27.9. The fraction of sp³-hybridized carbons (Fsp3) is 0.440. The zero-order valence-electron chi connectivity index (χ0n) is 21.4. The summed E-state index contributed by atoms with van der Waals surface area (Å²) in [6.45, 7) is 8.59. The fourth-order valence-electron chi connectivity index (χ4n) is 3.39. The van der Waals surface area contributed by atoms with Crippen molar-refractivity contribution in [2.75, 3.05) is 24.9 Å². The number of nitrogens with zero attached hydrogens (tertiary/aromatic N) is 3. The lowest BCUT2D eigenvalue weighted by molar-refractivity contribution is -0.140. The van der Waals surface area contributed by atoms with E-state index >= 15 is 0 Å². The Kier molecular flexibility index (Phi) is 9.02. The van der Waals surface area contributed by atoms with Crippen LogP contribution < -0.4 is 9.62 Å². The molecule has 8 nitrogen and oxygen atoms in total. The van der Waals surface area contributed by atoms with Crippen LogP contribution in [0.5, 0.6) is 0 Å². The van der Waals surface area contributed by atoms with E-state index in [4.69, 9.17) is 0 Å². The van der Waals surface area contributed by atoms with Crippen molar-refractivity contribution >= 4 is 27.7 Å². The van der Waals surface area contributed by atoms with Crippen LogP contribution in [0.2, 0.25) is 0 Å². The second-order valence-electron chi connectivity index (χ2n) is 9.70. The SMILES string of the molecule is Cc1cccc(CN(C(=O)CN(c2ccc(F)cc2)S(=O)(=O)N(C)C)[C@@H](C)C(=O)NC(C)(C)C)c1. The van der Waals surface area contributed by atoms with Crippen molar-refractivity contribution in [3.05, 3.63) is 65.5 Å². The summed E-state index contributed by atoms with van der Waals surface area (Å²) in [5.41, 5.74) is 1.41. The van der Waals surface area contributed by atoms with Gasteiger partial charge in [0.25, 0.3) is 0 Å². The third-order valence-electron chi connectivity index (χ3n) is 5.23. The number of hydrogen-bond acceptors (Lipinski definition) is 4. The van der Waals surface area contributed by atoms with Gasteiger partial charge in [-0.2, -0.15) is 12.7 Å². The summed E-state index contributed by atoms with van der Waals surface area (Å²) in [5.74, 6) is -1.46. The summed E-state index contributed by atoms with van der Waals surface area (Å²) < 4.78 is 41.5. The lowest BCUT2D eigenvalue weighted by atomic mass is 10.1. The Morgan fingerprint density at radius 2 is 1.66 bits per heavy atom. The Morgan fingerprint density at radius 3 is 2.17 bits per heavy atom. The van der Waals surface area contributed by atoms with Crippen LogP contribution in [0.15, 0.2) is 48.5 Å². The molecule has 0 radical (unpaired) electrons. The van der Waals surface area contributed by atoms with E-state index in [1.807, 2.05) is 52.0 Å². The maximum Gasteiger partial charge on any atom is 0.304 e. The summed E-state index contributed by atoms with van der Waals surface area (Å²) in [6, 6.07) is 11.5. The van der Waals surface area contributed by atoms with Gasteiger partial charge in [-0.25, -0.2) is 8.70 Å². The predicted molar refractivity (Wildman–Crippen MR) is 135 cm³/mol. The average Bonchev–Trinajstić information content (AvgIpc) is 2.74. The molecule has 0 unspecified atom stereocenters. The molecule has 0 bridgehead atoms. The van der Waals surface area contributed by atoms with Crippen molar-refractivity contribution in [3.8, 4) is 0 Å². The Morgan fingerprint density at radius 1 is 1.06 bits per heavy atom. The van der Waals surface area contributed by atoms with Gasteiger partial charge in [-0.1, -0.05) is 29.8 Å². The summed E-state index contributed by atoms with van der Waals surface area (Å²) in [5, 5.41) is 2.88. The predicted octanol–water partition coefficient (Wildman–Crippen LogP) is 3.08. The van der Waals surface area contributed by atoms with Crippen LogP contribution in [-0.4, -0.2) is 61.7 Å². The minimum absolute atomic E-state index is 0.110. The Hall–Kier alpha value is -2.98. The number of nitrogens with one attached hydrogen (secondary N) is 1. The first-order chi connectivity index (χ1) is 16.1. The maximum absolute atomic E-state index is 13.6. The number of benzene rings is 2. The van der Waals surface area contributed by atoms with E-state index in [1.54, 1.807) is 6.92 Å². The molecule has 0 fully saturated rings. The van der Waals surface area contributed by atoms with Crippen molar-refractivity contribution in [1.29, 1.82) is 0 Å². The van der Waals surface area contributed by atoms with Gasteiger partial charge in [-0.15, -0.1) is 0 Å². The number of carbonyl (C=O) groups excluding carboxylic acids is 2. The number of halogens is 1. The van der Waals surface area contributed by atoms with Gasteiger partial charge in [-0.3, -0.25) is 9.59 Å². The monoisotopic (exact) mass is 506 g/mol. The zero-order valence-corrected chi connectivity index (χ0v) is 22.2. The van der Waals surface area contributed by atoms with Gasteiger partial charge in [0.15, 0.2) is 0 Å². The first-order valence-electron chi connectivity index (χ1n) is 11.2. The van der Waals surface area contributed by atoms with Crippen molar-refractivity contribution in [2.24, 2.45) is 0 Å². The van der Waals surface area contributed by atoms with E-state index in [2.05, 4.69) is 5.32 Å². The normalized spacial score (nSPS) is 12.8. The molecule has 2 amide bonds. The number of rotatable bonds is 9. The molecule has 2 aromatic rings. The third-order valence-corrected chi connectivity index (χ3v) is 7.05. The maximum atomic E-state index is 13.6. The Balaban J connectivity index is 2.46. The van der Waals surface area contributed by atoms with Crippen molar-refractivity contribution in [3.63, 3.8) is 0 Å². The van der Waals surface area contributed by atoms with Crippen LogP contribution in [0.3, 0.4) is 0 Å². The minimum Gasteiger partial charge on any atom is -0.350 e. The van der Waals surface area contributed by atoms with Gasteiger partial charge < -0.3 is 10.2 Å². The quantitative estimate of drug-likeness (QED) is 0.566. The van der Waals surface area contributed by atoms with Crippen LogP contribution >= 0.6 is 0 Å². The van der Waals surface area contributed by atoms with Crippen LogP contribution in [0.1, 0.15) is 38.8 Å². The van der Waals surface area contributed by atoms with Gasteiger partial charge in [0, 0.05) is 26.2 Å². The van der Waals surface area contributed by atoms with Crippen LogP contribution in [0, 0.1) is 12.7 Å². The van der Waals surface area contributed by atoms with E-state index in [9.17, 15) is 22.4 Å². The van der Waals surface area contributed by atoms with E-state index in [0.717, 1.165) is 31.9 Å². The van der Waals surface area contributed by atoms with Gasteiger partial charge in [-0.05, 0) is 64.4 Å². The molecule has 0 saturated carbocycles. The molecule has 10 heteroatoms. The number of carbonyl (C=O) groups is 2. The molecule has 0 aromatic heterocycles. The molecule has 2 rings (SSSR count). The summed E-state index contributed by atoms with van der Waals surface area (Å²) in [6.07, 6.45) is 0. The molecule has 1 atom stereocenters. The van der Waals surface area contributed by atoms with Gasteiger partial charge in [0.05, 0.1) is 5.69 Å². The second-order valence-corrected chi connectivity index (χ2v) is 11.8. The first kappa shape index (κ1) is 28.3. The number of hydrogen-bond donors (Lipinski definition) is 1. The molecular formula is C25H35FN4O4S. The number of anilines is 1. The molecule has 0 heterocycles. The van der Waals surface area contributed by atoms with Crippen molar-refractivity contribution in [1.82, 2.24) is 14.5 Å².